The SMILES string of the molecule is Cc1cc(C)c2cccc(OCc3c(Cl)ccc(S(=O)(=O)N4CCCC4C(=O)NCCCCCNC(=O)OC(C)(C)C)c3Cl)c2n1. The molecule has 2 N–H and O–H groups in total. The van der Waals surface area contributed by atoms with Crippen LogP contribution in [0, 0.1) is 13.8 Å². The van der Waals surface area contributed by atoms with E-state index in [1.165, 1.54) is 16.4 Å². The van der Waals surface area contributed by atoms with Crippen molar-refractivity contribution in [1.29, 1.82) is 0 Å². The maximum atomic E-state index is 13.9. The van der Waals surface area contributed by atoms with Crippen LogP contribution in [-0.4, -0.2) is 61.0 Å². The van der Waals surface area contributed by atoms with Crippen molar-refractivity contribution < 1.29 is 27.5 Å². The van der Waals surface area contributed by atoms with Gasteiger partial charge in [0.1, 0.15) is 34.4 Å². The molecule has 0 spiro atoms. The lowest BCUT2D eigenvalue weighted by molar-refractivity contribution is -0.124. The standard InChI is InChI=1S/C33H42Cl2N4O6S/c1-21-19-22(2)38-30-23(21)11-9-13-27(30)44-20-24-25(34)14-15-28(29(24)35)46(42,43)39-18-10-12-26(39)31(40)36-16-7-6-8-17-37-32(41)45-33(3,4)5/h9,11,13-15,19,26H,6-8,10,12,16-18,20H2,1-5H3,(H,36,40)(H,37,41). The molecule has 13 heteroatoms. The van der Waals surface area contributed by atoms with E-state index in [2.05, 4.69) is 15.6 Å². The van der Waals surface area contributed by atoms with Crippen LogP contribution in [0.2, 0.25) is 10.0 Å². The third kappa shape index (κ3) is 8.82. The van der Waals surface area contributed by atoms with Gasteiger partial charge in [0.2, 0.25) is 15.9 Å². The predicted octanol–water partition coefficient (Wildman–Crippen LogP) is 6.70. The Kier molecular flexibility index (Phi) is 11.8. The number of halogens is 2. The predicted molar refractivity (Wildman–Crippen MR) is 180 cm³/mol. The first-order valence-corrected chi connectivity index (χ1v) is 17.6. The Morgan fingerprint density at radius 3 is 2.48 bits per heavy atom. The number of hydrogen-bond donors (Lipinski definition) is 2. The Morgan fingerprint density at radius 1 is 1.04 bits per heavy atom. The molecular weight excluding hydrogens is 651 g/mol. The summed E-state index contributed by atoms with van der Waals surface area (Å²) in [7, 11) is -4.13. The van der Waals surface area contributed by atoms with Crippen LogP contribution in [0.4, 0.5) is 4.79 Å². The highest BCUT2D eigenvalue weighted by Crippen LogP contribution is 2.36. The van der Waals surface area contributed by atoms with E-state index < -0.39 is 27.8 Å². The summed E-state index contributed by atoms with van der Waals surface area (Å²) in [6.07, 6.45) is 2.65. The van der Waals surface area contributed by atoms with E-state index in [-0.39, 0.29) is 34.0 Å². The number of carbonyl (C=O) groups is 2. The Morgan fingerprint density at radius 2 is 1.76 bits per heavy atom. The summed E-state index contributed by atoms with van der Waals surface area (Å²) in [5.41, 5.74) is 2.38. The summed E-state index contributed by atoms with van der Waals surface area (Å²) in [4.78, 5) is 29.3. The van der Waals surface area contributed by atoms with Crippen molar-refractivity contribution in [1.82, 2.24) is 19.9 Å². The highest BCUT2D eigenvalue weighted by Gasteiger charge is 2.40. The molecule has 1 fully saturated rings. The van der Waals surface area contributed by atoms with Gasteiger partial charge in [-0.1, -0.05) is 35.3 Å². The van der Waals surface area contributed by atoms with Crippen molar-refractivity contribution in [2.24, 2.45) is 0 Å². The number of hydrogen-bond acceptors (Lipinski definition) is 7. The molecule has 2 heterocycles. The minimum atomic E-state index is -4.13. The summed E-state index contributed by atoms with van der Waals surface area (Å²) >= 11 is 13.2. The van der Waals surface area contributed by atoms with E-state index in [0.717, 1.165) is 29.5 Å². The molecular formula is C33H42Cl2N4O6S. The number of alkyl carbamates (subject to hydrolysis) is 1. The van der Waals surface area contributed by atoms with Gasteiger partial charge in [-0.3, -0.25) is 4.79 Å². The van der Waals surface area contributed by atoms with Crippen LogP contribution in [0.15, 0.2) is 41.3 Å². The molecule has 1 aliphatic heterocycles. The Hall–Kier alpha value is -3.12. The zero-order chi connectivity index (χ0) is 33.6. The summed E-state index contributed by atoms with van der Waals surface area (Å²) in [5, 5.41) is 6.75. The molecule has 0 saturated carbocycles. The minimum absolute atomic E-state index is 0.0425. The van der Waals surface area contributed by atoms with Crippen LogP contribution < -0.4 is 15.4 Å². The number of sulfonamides is 1. The van der Waals surface area contributed by atoms with Gasteiger partial charge >= 0.3 is 6.09 Å². The maximum absolute atomic E-state index is 13.9. The molecule has 0 radical (unpaired) electrons. The zero-order valence-corrected chi connectivity index (χ0v) is 29.2. The summed E-state index contributed by atoms with van der Waals surface area (Å²) in [6.45, 7) is 10.3. The van der Waals surface area contributed by atoms with Crippen LogP contribution in [-0.2, 0) is 26.2 Å². The summed E-state index contributed by atoms with van der Waals surface area (Å²) < 4.78 is 40.3. The number of amides is 2. The summed E-state index contributed by atoms with van der Waals surface area (Å²) in [6, 6.07) is 9.63. The lowest BCUT2D eigenvalue weighted by Crippen LogP contribution is -2.46. The van der Waals surface area contributed by atoms with Crippen LogP contribution in [0.5, 0.6) is 5.75 Å². The third-order valence-corrected chi connectivity index (χ3v) is 10.4. The Balaban J connectivity index is 1.37. The zero-order valence-electron chi connectivity index (χ0n) is 26.9. The van der Waals surface area contributed by atoms with E-state index in [0.29, 0.717) is 49.2 Å². The molecule has 1 atom stereocenters. The molecule has 1 aromatic heterocycles. The highest BCUT2D eigenvalue weighted by atomic mass is 35.5. The average Bonchev–Trinajstić information content (AvgIpc) is 3.47. The molecule has 0 bridgehead atoms. The Bertz CT molecular complexity index is 1690. The largest absolute Gasteiger partial charge is 0.487 e. The fraction of sp³-hybridized carbons (Fsp3) is 0.485. The number of nitrogens with one attached hydrogen (secondary N) is 2. The normalized spacial score (nSPS) is 15.6. The minimum Gasteiger partial charge on any atom is -0.487 e. The van der Waals surface area contributed by atoms with Gasteiger partial charge in [0.25, 0.3) is 0 Å². The summed E-state index contributed by atoms with van der Waals surface area (Å²) in [5.74, 6) is 0.177. The monoisotopic (exact) mass is 692 g/mol. The molecule has 0 aliphatic carbocycles. The molecule has 1 saturated heterocycles. The van der Waals surface area contributed by atoms with Gasteiger partial charge in [-0.25, -0.2) is 18.2 Å². The number of benzene rings is 2. The van der Waals surface area contributed by atoms with E-state index in [1.807, 2.05) is 32.0 Å². The van der Waals surface area contributed by atoms with Crippen molar-refractivity contribution in [2.45, 2.75) is 89.9 Å². The highest BCUT2D eigenvalue weighted by molar-refractivity contribution is 7.89. The first-order valence-electron chi connectivity index (χ1n) is 15.4. The fourth-order valence-corrected chi connectivity index (χ4v) is 7.93. The number of carbonyl (C=O) groups excluding carboxylic acids is 2. The van der Waals surface area contributed by atoms with E-state index in [9.17, 15) is 18.0 Å². The van der Waals surface area contributed by atoms with Crippen molar-refractivity contribution >= 4 is 56.1 Å². The molecule has 10 nitrogen and oxygen atoms in total. The number of rotatable bonds is 12. The Labute approximate surface area is 281 Å². The first-order chi connectivity index (χ1) is 21.7. The van der Waals surface area contributed by atoms with Crippen LogP contribution in [0.1, 0.15) is 69.7 Å². The second-order valence-corrected chi connectivity index (χ2v) is 15.1. The molecule has 2 aromatic carbocycles. The second kappa shape index (κ2) is 15.2. The van der Waals surface area contributed by atoms with Crippen molar-refractivity contribution in [3.05, 3.63) is 63.3 Å². The number of aryl methyl sites for hydroxylation is 2. The molecule has 1 aliphatic rings. The number of aromatic nitrogens is 1. The molecule has 2 amide bonds. The first kappa shape index (κ1) is 35.7. The van der Waals surface area contributed by atoms with Crippen molar-refractivity contribution in [2.75, 3.05) is 19.6 Å². The molecule has 250 valence electrons. The smallest absolute Gasteiger partial charge is 0.407 e. The van der Waals surface area contributed by atoms with Crippen LogP contribution in [0.3, 0.4) is 0 Å². The topological polar surface area (TPSA) is 127 Å². The third-order valence-electron chi connectivity index (χ3n) is 7.57. The molecule has 1 unspecified atom stereocenters. The number of nitrogens with zero attached hydrogens (tertiary/aromatic N) is 2. The van der Waals surface area contributed by atoms with Crippen molar-refractivity contribution in [3.8, 4) is 5.75 Å². The van der Waals surface area contributed by atoms with Gasteiger partial charge < -0.3 is 20.1 Å². The van der Waals surface area contributed by atoms with Gasteiger partial charge in [0.05, 0.1) is 5.02 Å². The average molecular weight is 694 g/mol. The van der Waals surface area contributed by atoms with Gasteiger partial charge in [0, 0.05) is 41.3 Å². The lowest BCUT2D eigenvalue weighted by atomic mass is 10.1. The number of ether oxygens (including phenoxy) is 2. The lowest BCUT2D eigenvalue weighted by Gasteiger charge is -2.24. The van der Waals surface area contributed by atoms with Gasteiger partial charge in [-0.2, -0.15) is 4.31 Å². The fourth-order valence-electron chi connectivity index (χ4n) is 5.41. The van der Waals surface area contributed by atoms with E-state index in [1.54, 1.807) is 26.8 Å². The second-order valence-electron chi connectivity index (χ2n) is 12.4. The van der Waals surface area contributed by atoms with Crippen LogP contribution >= 0.6 is 23.2 Å². The number of pyridine rings is 1. The molecule has 3 aromatic rings. The maximum Gasteiger partial charge on any atom is 0.407 e. The number of fused-ring (bicyclic) bond motifs is 1. The van der Waals surface area contributed by atoms with Gasteiger partial charge in [-0.05, 0) is 96.6 Å². The van der Waals surface area contributed by atoms with Gasteiger partial charge in [-0.15, -0.1) is 0 Å². The van der Waals surface area contributed by atoms with Crippen molar-refractivity contribution in [3.63, 3.8) is 0 Å². The number of unbranched alkanes of at least 4 members (excludes halogenated alkanes) is 2. The quantitative estimate of drug-likeness (QED) is 0.202. The molecule has 4 rings (SSSR count). The molecule has 46 heavy (non-hydrogen) atoms. The van der Waals surface area contributed by atoms with E-state index >= 15 is 0 Å². The van der Waals surface area contributed by atoms with Crippen LogP contribution in [0.25, 0.3) is 10.9 Å². The number of para-hydroxylation sites is 1. The van der Waals surface area contributed by atoms with Gasteiger partial charge in [0.15, 0.2) is 0 Å². The van der Waals surface area contributed by atoms with E-state index in [4.69, 9.17) is 32.7 Å².